The number of nitrogens with zero attached hydrogens (tertiary/aromatic N) is 2. The molecule has 1 heterocycles. The Hall–Kier alpha value is -3.08. The average molecular weight is 406 g/mol. The number of unbranched alkanes of at least 4 members (excludes halogenated alkanes) is 1. The Morgan fingerprint density at radius 2 is 1.97 bits per heavy atom. The van der Waals surface area contributed by atoms with Gasteiger partial charge in [0.05, 0.1) is 24.2 Å². The molecule has 0 bridgehead atoms. The van der Waals surface area contributed by atoms with Crippen molar-refractivity contribution < 1.29 is 9.53 Å². The van der Waals surface area contributed by atoms with Gasteiger partial charge in [-0.1, -0.05) is 44.7 Å². The zero-order valence-electron chi connectivity index (χ0n) is 17.9. The number of carbonyl (C=O) groups excluding carboxylic acids is 1. The van der Waals surface area contributed by atoms with Crippen LogP contribution in [0.4, 0.5) is 0 Å². The first kappa shape index (κ1) is 21.6. The van der Waals surface area contributed by atoms with E-state index in [-0.39, 0.29) is 5.91 Å². The second kappa shape index (κ2) is 10.6. The smallest absolute Gasteiger partial charge is 0.243 e. The van der Waals surface area contributed by atoms with E-state index in [4.69, 9.17) is 4.74 Å². The van der Waals surface area contributed by atoms with E-state index in [0.29, 0.717) is 19.1 Å². The van der Waals surface area contributed by atoms with Crippen molar-refractivity contribution in [2.45, 2.75) is 52.1 Å². The van der Waals surface area contributed by atoms with Crippen molar-refractivity contribution in [3.63, 3.8) is 0 Å². The first-order chi connectivity index (χ1) is 14.6. The molecule has 3 aromatic rings. The van der Waals surface area contributed by atoms with E-state index in [0.717, 1.165) is 48.4 Å². The van der Waals surface area contributed by atoms with E-state index in [1.165, 1.54) is 11.6 Å². The molecule has 30 heavy (non-hydrogen) atoms. The third kappa shape index (κ3) is 5.50. The first-order valence-corrected chi connectivity index (χ1v) is 10.7. The molecule has 1 N–H and O–H groups in total. The van der Waals surface area contributed by atoms with Gasteiger partial charge in [0.25, 0.3) is 0 Å². The number of hydrogen-bond acceptors (Lipinski definition) is 3. The van der Waals surface area contributed by atoms with Crippen molar-refractivity contribution in [1.29, 1.82) is 0 Å². The Kier molecular flexibility index (Phi) is 7.66. The summed E-state index contributed by atoms with van der Waals surface area (Å²) >= 11 is 0. The highest BCUT2D eigenvalue weighted by atomic mass is 16.5. The Balaban J connectivity index is 1.54. The summed E-state index contributed by atoms with van der Waals surface area (Å²) in [7, 11) is 0. The zero-order valence-corrected chi connectivity index (χ0v) is 17.9. The minimum Gasteiger partial charge on any atom is -0.494 e. The Labute approximate surface area is 178 Å². The van der Waals surface area contributed by atoms with Gasteiger partial charge in [0.15, 0.2) is 0 Å². The summed E-state index contributed by atoms with van der Waals surface area (Å²) in [5, 5.41) is 2.82. The minimum absolute atomic E-state index is 0.193. The fraction of sp³-hybridized carbons (Fsp3) is 0.360. The number of benzene rings is 2. The highest BCUT2D eigenvalue weighted by molar-refractivity contribution is 5.86. The molecule has 0 aliphatic heterocycles. The molecule has 0 aliphatic carbocycles. The van der Waals surface area contributed by atoms with Crippen LogP contribution < -0.4 is 10.1 Å². The van der Waals surface area contributed by atoms with Gasteiger partial charge in [-0.25, -0.2) is 4.98 Å². The largest absolute Gasteiger partial charge is 0.494 e. The number of amides is 1. The number of carbonyl (C=O) groups is 1. The van der Waals surface area contributed by atoms with E-state index in [2.05, 4.69) is 65.6 Å². The standard InChI is InChI=1S/C25H31N3O2/c1-4-19(3)20-12-14-21(15-13-20)30-17-9-8-16-28-23-11-7-6-10-22(23)27-24(28)18-26-25(29)5-2/h5-7,10-15,19H,2,4,8-9,16-18H2,1,3H3,(H,26,29). The lowest BCUT2D eigenvalue weighted by molar-refractivity contribution is -0.116. The molecule has 1 unspecified atom stereocenters. The third-order valence-electron chi connectivity index (χ3n) is 5.45. The van der Waals surface area contributed by atoms with Gasteiger partial charge in [-0.3, -0.25) is 4.79 Å². The molecule has 3 rings (SSSR count). The second-order valence-corrected chi connectivity index (χ2v) is 7.52. The maximum atomic E-state index is 11.5. The number of para-hydroxylation sites is 2. The summed E-state index contributed by atoms with van der Waals surface area (Å²) in [6.07, 6.45) is 4.33. The van der Waals surface area contributed by atoms with Gasteiger partial charge in [0.2, 0.25) is 5.91 Å². The van der Waals surface area contributed by atoms with E-state index >= 15 is 0 Å². The third-order valence-corrected chi connectivity index (χ3v) is 5.45. The number of nitrogens with one attached hydrogen (secondary N) is 1. The van der Waals surface area contributed by atoms with E-state index in [9.17, 15) is 4.79 Å². The predicted octanol–water partition coefficient (Wildman–Crippen LogP) is 5.21. The minimum atomic E-state index is -0.193. The molecule has 0 saturated heterocycles. The van der Waals surface area contributed by atoms with Gasteiger partial charge in [0.1, 0.15) is 11.6 Å². The zero-order chi connectivity index (χ0) is 21.3. The van der Waals surface area contributed by atoms with Crippen molar-refractivity contribution >= 4 is 16.9 Å². The quantitative estimate of drug-likeness (QED) is 0.352. The van der Waals surface area contributed by atoms with Crippen LogP contribution in [0.25, 0.3) is 11.0 Å². The van der Waals surface area contributed by atoms with Gasteiger partial charge < -0.3 is 14.6 Å². The van der Waals surface area contributed by atoms with Crippen molar-refractivity contribution in [3.05, 3.63) is 72.6 Å². The number of aromatic nitrogens is 2. The molecule has 0 radical (unpaired) electrons. The number of aryl methyl sites for hydroxylation is 1. The van der Waals surface area contributed by atoms with Gasteiger partial charge >= 0.3 is 0 Å². The molecule has 0 aliphatic rings. The molecular weight excluding hydrogens is 374 g/mol. The highest BCUT2D eigenvalue weighted by Gasteiger charge is 2.11. The van der Waals surface area contributed by atoms with Crippen molar-refractivity contribution in [1.82, 2.24) is 14.9 Å². The maximum absolute atomic E-state index is 11.5. The van der Waals surface area contributed by atoms with E-state index in [1.54, 1.807) is 0 Å². The molecule has 1 atom stereocenters. The second-order valence-electron chi connectivity index (χ2n) is 7.52. The average Bonchev–Trinajstić information content (AvgIpc) is 3.14. The summed E-state index contributed by atoms with van der Waals surface area (Å²) < 4.78 is 8.09. The summed E-state index contributed by atoms with van der Waals surface area (Å²) in [5.41, 5.74) is 3.38. The number of hydrogen-bond donors (Lipinski definition) is 1. The van der Waals surface area contributed by atoms with E-state index < -0.39 is 0 Å². The molecule has 0 saturated carbocycles. The van der Waals surface area contributed by atoms with Crippen LogP contribution in [0.1, 0.15) is 50.4 Å². The van der Waals surface area contributed by atoms with Gasteiger partial charge in [-0.05, 0) is 61.1 Å². The topological polar surface area (TPSA) is 56.2 Å². The lowest BCUT2D eigenvalue weighted by atomic mass is 9.99. The Morgan fingerprint density at radius 3 is 2.70 bits per heavy atom. The molecule has 0 fully saturated rings. The van der Waals surface area contributed by atoms with Crippen LogP contribution in [0.2, 0.25) is 0 Å². The van der Waals surface area contributed by atoms with Crippen LogP contribution in [0.15, 0.2) is 61.2 Å². The molecular formula is C25H31N3O2. The van der Waals surface area contributed by atoms with Crippen LogP contribution in [0, 0.1) is 0 Å². The number of fused-ring (bicyclic) bond motifs is 1. The fourth-order valence-corrected chi connectivity index (χ4v) is 3.44. The molecule has 5 nitrogen and oxygen atoms in total. The number of imidazole rings is 1. The van der Waals surface area contributed by atoms with Gasteiger partial charge in [-0.2, -0.15) is 0 Å². The van der Waals surface area contributed by atoms with Crippen molar-refractivity contribution in [3.8, 4) is 5.75 Å². The summed E-state index contributed by atoms with van der Waals surface area (Å²) in [6.45, 7) is 9.84. The lowest BCUT2D eigenvalue weighted by Gasteiger charge is -2.12. The van der Waals surface area contributed by atoms with Crippen LogP contribution in [0.5, 0.6) is 5.75 Å². The molecule has 1 amide bonds. The van der Waals surface area contributed by atoms with Gasteiger partial charge in [-0.15, -0.1) is 0 Å². The monoisotopic (exact) mass is 405 g/mol. The molecule has 2 aromatic carbocycles. The van der Waals surface area contributed by atoms with Crippen LogP contribution in [0.3, 0.4) is 0 Å². The highest BCUT2D eigenvalue weighted by Crippen LogP contribution is 2.22. The molecule has 158 valence electrons. The predicted molar refractivity (Wildman–Crippen MR) is 122 cm³/mol. The Morgan fingerprint density at radius 1 is 1.20 bits per heavy atom. The lowest BCUT2D eigenvalue weighted by Crippen LogP contribution is -2.22. The number of rotatable bonds is 11. The number of ether oxygens (including phenoxy) is 1. The van der Waals surface area contributed by atoms with Crippen molar-refractivity contribution in [2.24, 2.45) is 0 Å². The molecule has 5 heteroatoms. The molecule has 0 spiro atoms. The molecule has 1 aromatic heterocycles. The van der Waals surface area contributed by atoms with Crippen LogP contribution >= 0.6 is 0 Å². The van der Waals surface area contributed by atoms with Crippen LogP contribution in [-0.4, -0.2) is 22.1 Å². The van der Waals surface area contributed by atoms with Crippen molar-refractivity contribution in [2.75, 3.05) is 6.61 Å². The maximum Gasteiger partial charge on any atom is 0.243 e. The van der Waals surface area contributed by atoms with E-state index in [1.807, 2.05) is 18.2 Å². The SMILES string of the molecule is C=CC(=O)NCc1nc2ccccc2n1CCCCOc1ccc(C(C)CC)cc1. The van der Waals surface area contributed by atoms with Crippen LogP contribution in [-0.2, 0) is 17.9 Å². The summed E-state index contributed by atoms with van der Waals surface area (Å²) in [5.74, 6) is 2.16. The van der Waals surface area contributed by atoms with Gasteiger partial charge in [0, 0.05) is 6.54 Å². The summed E-state index contributed by atoms with van der Waals surface area (Å²) in [6, 6.07) is 16.5. The fourth-order valence-electron chi connectivity index (χ4n) is 3.44. The first-order valence-electron chi connectivity index (χ1n) is 10.7. The summed E-state index contributed by atoms with van der Waals surface area (Å²) in [4.78, 5) is 16.2. The normalized spacial score (nSPS) is 11.9. The Bertz CT molecular complexity index is 976.